The van der Waals surface area contributed by atoms with Gasteiger partial charge >= 0.3 is 0 Å². The van der Waals surface area contributed by atoms with Crippen molar-refractivity contribution in [2.45, 2.75) is 26.2 Å². The second-order valence-corrected chi connectivity index (χ2v) is 4.99. The highest BCUT2D eigenvalue weighted by atomic mass is 14.3. The summed E-state index contributed by atoms with van der Waals surface area (Å²) in [6, 6.07) is 10.5. The molecular weight excluding hydrogens is 240 g/mol. The maximum atomic E-state index is 4.27. The maximum absolute atomic E-state index is 4.27. The van der Waals surface area contributed by atoms with Gasteiger partial charge in [-0.25, -0.2) is 0 Å². The van der Waals surface area contributed by atoms with Crippen LogP contribution in [-0.2, 0) is 5.41 Å². The van der Waals surface area contributed by atoms with Crippen molar-refractivity contribution >= 4 is 0 Å². The molecule has 0 spiro atoms. The van der Waals surface area contributed by atoms with Gasteiger partial charge in [-0.05, 0) is 31.9 Å². The highest BCUT2D eigenvalue weighted by Crippen LogP contribution is 2.38. The van der Waals surface area contributed by atoms with E-state index >= 15 is 0 Å². The molecule has 1 aromatic rings. The average Bonchev–Trinajstić information content (AvgIpc) is 2.50. The topological polar surface area (TPSA) is 0 Å². The third-order valence-electron chi connectivity index (χ3n) is 3.75. The predicted molar refractivity (Wildman–Crippen MR) is 90.8 cm³/mol. The lowest BCUT2D eigenvalue weighted by atomic mass is 9.71. The molecule has 20 heavy (non-hydrogen) atoms. The second kappa shape index (κ2) is 7.49. The summed E-state index contributed by atoms with van der Waals surface area (Å²) in [4.78, 5) is 0. The molecule has 0 amide bonds. The molecule has 0 aliphatic heterocycles. The minimum absolute atomic E-state index is 0.208. The summed E-state index contributed by atoms with van der Waals surface area (Å²) < 4.78 is 0. The average molecular weight is 264 g/mol. The Morgan fingerprint density at radius 1 is 1.15 bits per heavy atom. The fourth-order valence-electron chi connectivity index (χ4n) is 2.20. The van der Waals surface area contributed by atoms with Crippen LogP contribution in [0.25, 0.3) is 0 Å². The summed E-state index contributed by atoms with van der Waals surface area (Å²) in [5, 5.41) is 0. The van der Waals surface area contributed by atoms with Gasteiger partial charge < -0.3 is 0 Å². The molecule has 0 radical (unpaired) electrons. The van der Waals surface area contributed by atoms with Gasteiger partial charge in [0, 0.05) is 5.41 Å². The molecule has 1 unspecified atom stereocenters. The van der Waals surface area contributed by atoms with Gasteiger partial charge in [0.15, 0.2) is 0 Å². The van der Waals surface area contributed by atoms with E-state index in [9.17, 15) is 0 Å². The Balaban J connectivity index is 3.37. The maximum Gasteiger partial charge on any atom is 0.0377 e. The zero-order valence-electron chi connectivity index (χ0n) is 12.8. The van der Waals surface area contributed by atoms with Crippen molar-refractivity contribution in [1.82, 2.24) is 0 Å². The summed E-state index contributed by atoms with van der Waals surface area (Å²) >= 11 is 0. The summed E-state index contributed by atoms with van der Waals surface area (Å²) in [5.74, 6) is 0. The molecular formula is C20H24. The van der Waals surface area contributed by atoms with Gasteiger partial charge in [0.25, 0.3) is 0 Å². The van der Waals surface area contributed by atoms with Gasteiger partial charge in [-0.3, -0.25) is 0 Å². The number of hydrogen-bond donors (Lipinski definition) is 0. The lowest BCUT2D eigenvalue weighted by Gasteiger charge is -2.32. The molecule has 0 heterocycles. The Bertz CT molecular complexity index is 541. The van der Waals surface area contributed by atoms with Gasteiger partial charge in [0.1, 0.15) is 0 Å². The normalized spacial score (nSPS) is 15.4. The summed E-state index contributed by atoms with van der Waals surface area (Å²) in [7, 11) is 0. The zero-order valence-corrected chi connectivity index (χ0v) is 12.8. The number of rotatable bonds is 6. The molecule has 1 atom stereocenters. The third-order valence-corrected chi connectivity index (χ3v) is 3.75. The molecule has 0 saturated heterocycles. The Hall–Kier alpha value is -2.08. The Morgan fingerprint density at radius 3 is 2.35 bits per heavy atom. The molecule has 0 aliphatic rings. The Labute approximate surface area is 123 Å². The molecule has 0 aromatic heterocycles. The number of benzene rings is 1. The van der Waals surface area contributed by atoms with Crippen LogP contribution in [0.3, 0.4) is 0 Å². The molecule has 0 N–H and O–H groups in total. The fourth-order valence-corrected chi connectivity index (χ4v) is 2.20. The van der Waals surface area contributed by atoms with E-state index in [1.807, 2.05) is 31.2 Å². The Morgan fingerprint density at radius 2 is 1.80 bits per heavy atom. The first-order valence-corrected chi connectivity index (χ1v) is 6.91. The van der Waals surface area contributed by atoms with E-state index in [-0.39, 0.29) is 5.41 Å². The molecule has 0 heteroatoms. The Kier molecular flexibility index (Phi) is 5.99. The lowest BCUT2D eigenvalue weighted by molar-refractivity contribution is 0.675. The van der Waals surface area contributed by atoms with Gasteiger partial charge in [-0.1, -0.05) is 85.5 Å². The van der Waals surface area contributed by atoms with Crippen molar-refractivity contribution in [3.05, 3.63) is 96.7 Å². The van der Waals surface area contributed by atoms with E-state index < -0.39 is 0 Å². The van der Waals surface area contributed by atoms with Gasteiger partial charge in [-0.2, -0.15) is 0 Å². The first-order chi connectivity index (χ1) is 9.57. The molecule has 0 nitrogen and oxygen atoms in total. The first kappa shape index (κ1) is 16.0. The van der Waals surface area contributed by atoms with Crippen LogP contribution in [0.4, 0.5) is 0 Å². The molecule has 104 valence electrons. The lowest BCUT2D eigenvalue weighted by Crippen LogP contribution is -2.25. The highest BCUT2D eigenvalue weighted by molar-refractivity contribution is 5.49. The molecule has 1 rings (SSSR count). The van der Waals surface area contributed by atoms with Crippen molar-refractivity contribution in [2.75, 3.05) is 0 Å². The van der Waals surface area contributed by atoms with Crippen molar-refractivity contribution in [3.63, 3.8) is 0 Å². The van der Waals surface area contributed by atoms with Crippen LogP contribution in [0.2, 0.25) is 0 Å². The minimum atomic E-state index is -0.208. The molecule has 0 saturated carbocycles. The van der Waals surface area contributed by atoms with E-state index in [1.165, 1.54) is 11.1 Å². The van der Waals surface area contributed by atoms with E-state index in [4.69, 9.17) is 0 Å². The molecule has 0 aliphatic carbocycles. The smallest absolute Gasteiger partial charge is 0.0377 e. The number of allylic oxidation sites excluding steroid dienone is 8. The van der Waals surface area contributed by atoms with Gasteiger partial charge in [0.05, 0.1) is 0 Å². The van der Waals surface area contributed by atoms with Crippen LogP contribution in [0.15, 0.2) is 91.1 Å². The monoisotopic (exact) mass is 264 g/mol. The predicted octanol–water partition coefficient (Wildman–Crippen LogP) is 5.77. The standard InChI is InChI=1S/C20H24/c1-6-8-13-17(3)20(5,18(4)14-9-7-2)19-15-11-10-12-16-19/h6-16H,1,3H2,2,4-5H3. The van der Waals surface area contributed by atoms with Crippen molar-refractivity contribution in [2.24, 2.45) is 0 Å². The van der Waals surface area contributed by atoms with Gasteiger partial charge in [-0.15, -0.1) is 0 Å². The fraction of sp³-hybridized carbons (Fsp3) is 0.200. The third kappa shape index (κ3) is 3.48. The molecule has 1 aromatic carbocycles. The van der Waals surface area contributed by atoms with E-state index in [2.05, 4.69) is 63.4 Å². The molecule has 0 fully saturated rings. The van der Waals surface area contributed by atoms with Crippen LogP contribution < -0.4 is 0 Å². The van der Waals surface area contributed by atoms with Crippen LogP contribution >= 0.6 is 0 Å². The van der Waals surface area contributed by atoms with Crippen molar-refractivity contribution in [3.8, 4) is 0 Å². The van der Waals surface area contributed by atoms with E-state index in [1.54, 1.807) is 6.08 Å². The van der Waals surface area contributed by atoms with Crippen molar-refractivity contribution in [1.29, 1.82) is 0 Å². The van der Waals surface area contributed by atoms with Crippen LogP contribution in [-0.4, -0.2) is 0 Å². The minimum Gasteiger partial charge on any atom is -0.0991 e. The SMILES string of the molecule is C=CC=CC(=C)C(C)(C(C)=CC=CC)c1ccccc1. The summed E-state index contributed by atoms with van der Waals surface area (Å²) in [6.07, 6.45) is 12.0. The van der Waals surface area contributed by atoms with Gasteiger partial charge in [0.2, 0.25) is 0 Å². The quantitative estimate of drug-likeness (QED) is 0.572. The largest absolute Gasteiger partial charge is 0.0991 e. The summed E-state index contributed by atoms with van der Waals surface area (Å²) in [6.45, 7) is 14.4. The zero-order chi connectivity index (χ0) is 15.0. The van der Waals surface area contributed by atoms with Crippen LogP contribution in [0.1, 0.15) is 26.3 Å². The van der Waals surface area contributed by atoms with Crippen LogP contribution in [0, 0.1) is 0 Å². The first-order valence-electron chi connectivity index (χ1n) is 6.91. The van der Waals surface area contributed by atoms with E-state index in [0.29, 0.717) is 0 Å². The van der Waals surface area contributed by atoms with E-state index in [0.717, 1.165) is 5.57 Å². The molecule has 0 bridgehead atoms. The summed E-state index contributed by atoms with van der Waals surface area (Å²) in [5.41, 5.74) is 3.36. The highest BCUT2D eigenvalue weighted by Gasteiger charge is 2.30. The second-order valence-electron chi connectivity index (χ2n) is 4.99. The van der Waals surface area contributed by atoms with Crippen LogP contribution in [0.5, 0.6) is 0 Å². The van der Waals surface area contributed by atoms with Crippen molar-refractivity contribution < 1.29 is 0 Å². The number of hydrogen-bond acceptors (Lipinski definition) is 0.